The molecule has 0 unspecified atom stereocenters. The summed E-state index contributed by atoms with van der Waals surface area (Å²) in [5.74, 6) is 0.774. The van der Waals surface area contributed by atoms with Gasteiger partial charge in [0, 0.05) is 34.2 Å². The van der Waals surface area contributed by atoms with Crippen LogP contribution >= 0.6 is 27.3 Å². The van der Waals surface area contributed by atoms with Crippen LogP contribution in [-0.2, 0) is 16.1 Å². The Hall–Kier alpha value is -1.77. The second kappa shape index (κ2) is 8.08. The minimum atomic E-state index is -0.0649. The Morgan fingerprint density at radius 2 is 2.15 bits per heavy atom. The number of fused-ring (bicyclic) bond motifs is 1. The summed E-state index contributed by atoms with van der Waals surface area (Å²) in [6, 6.07) is 8.08. The second-order valence-electron chi connectivity index (χ2n) is 6.71. The molecule has 1 aliphatic rings. The molecule has 3 aromatic rings. The Balaban J connectivity index is 1.50. The number of piperidine rings is 1. The smallest absolute Gasteiger partial charge is 0.310 e. The third kappa shape index (κ3) is 4.07. The first-order valence-electron chi connectivity index (χ1n) is 9.12. The topological polar surface area (TPSA) is 59.7 Å². The van der Waals surface area contributed by atoms with Gasteiger partial charge in [-0.3, -0.25) is 14.1 Å². The molecule has 1 fully saturated rings. The van der Waals surface area contributed by atoms with E-state index in [1.165, 1.54) is 4.88 Å². The number of halogens is 1. The summed E-state index contributed by atoms with van der Waals surface area (Å²) < 4.78 is 8.29. The number of likely N-dealkylation sites (tertiary alicyclic amines) is 1. The number of aromatic nitrogens is 3. The molecule has 1 aromatic carbocycles. The number of rotatable bonds is 5. The van der Waals surface area contributed by atoms with E-state index in [2.05, 4.69) is 41.6 Å². The molecule has 1 saturated heterocycles. The van der Waals surface area contributed by atoms with E-state index in [0.717, 1.165) is 53.3 Å². The van der Waals surface area contributed by atoms with E-state index in [0.29, 0.717) is 6.61 Å². The third-order valence-electron chi connectivity index (χ3n) is 4.77. The summed E-state index contributed by atoms with van der Waals surface area (Å²) in [6.07, 6.45) is 4.06. The molecule has 0 aliphatic carbocycles. The van der Waals surface area contributed by atoms with E-state index >= 15 is 0 Å². The molecule has 142 valence electrons. The first-order valence-corrected chi connectivity index (χ1v) is 10.7. The normalized spacial score (nSPS) is 18.1. The number of esters is 1. The molecule has 1 aliphatic heterocycles. The fourth-order valence-electron chi connectivity index (χ4n) is 3.49. The molecular weight excluding hydrogens is 428 g/mol. The average molecular weight is 449 g/mol. The molecule has 0 saturated carbocycles. The Kier molecular flexibility index (Phi) is 5.56. The van der Waals surface area contributed by atoms with Crippen molar-refractivity contribution in [1.29, 1.82) is 0 Å². The molecule has 0 radical (unpaired) electrons. The molecule has 6 nitrogen and oxygen atoms in total. The minimum absolute atomic E-state index is 0.0114. The highest BCUT2D eigenvalue weighted by molar-refractivity contribution is 9.10. The highest BCUT2D eigenvalue weighted by atomic mass is 79.9. The zero-order chi connectivity index (χ0) is 18.8. The molecule has 3 heterocycles. The maximum Gasteiger partial charge on any atom is 0.310 e. The Morgan fingerprint density at radius 3 is 2.93 bits per heavy atom. The molecule has 1 atom stereocenters. The van der Waals surface area contributed by atoms with Crippen LogP contribution in [-0.4, -0.2) is 45.2 Å². The molecule has 4 rings (SSSR count). The van der Waals surface area contributed by atoms with Crippen molar-refractivity contribution < 1.29 is 9.53 Å². The van der Waals surface area contributed by atoms with Gasteiger partial charge in [0.05, 0.1) is 12.5 Å². The lowest BCUT2D eigenvalue weighted by atomic mass is 9.98. The SMILES string of the molecule is CCOC(=O)[C@H]1CCCN(Cc2cn3c(-c4ccc(Br)cc4)nnc3s2)C1. The van der Waals surface area contributed by atoms with Crippen molar-refractivity contribution in [2.24, 2.45) is 5.92 Å². The van der Waals surface area contributed by atoms with Crippen LogP contribution in [0.1, 0.15) is 24.6 Å². The van der Waals surface area contributed by atoms with Crippen molar-refractivity contribution in [2.45, 2.75) is 26.3 Å². The van der Waals surface area contributed by atoms with Crippen molar-refractivity contribution in [3.63, 3.8) is 0 Å². The van der Waals surface area contributed by atoms with Gasteiger partial charge in [-0.25, -0.2) is 0 Å². The minimum Gasteiger partial charge on any atom is -0.466 e. The van der Waals surface area contributed by atoms with Crippen molar-refractivity contribution in [3.8, 4) is 11.4 Å². The van der Waals surface area contributed by atoms with Gasteiger partial charge < -0.3 is 4.74 Å². The quantitative estimate of drug-likeness (QED) is 0.552. The number of thiazole rings is 1. The Bertz CT molecular complexity index is 937. The number of benzene rings is 1. The monoisotopic (exact) mass is 448 g/mol. The van der Waals surface area contributed by atoms with Crippen molar-refractivity contribution in [1.82, 2.24) is 19.5 Å². The number of ether oxygens (including phenoxy) is 1. The number of hydrogen-bond acceptors (Lipinski definition) is 6. The lowest BCUT2D eigenvalue weighted by Gasteiger charge is -2.30. The van der Waals surface area contributed by atoms with Crippen LogP contribution in [0, 0.1) is 5.92 Å². The lowest BCUT2D eigenvalue weighted by molar-refractivity contribution is -0.150. The van der Waals surface area contributed by atoms with Gasteiger partial charge in [-0.2, -0.15) is 0 Å². The largest absolute Gasteiger partial charge is 0.466 e. The van der Waals surface area contributed by atoms with Gasteiger partial charge in [0.15, 0.2) is 5.82 Å². The molecule has 0 spiro atoms. The molecule has 2 aromatic heterocycles. The molecule has 0 bridgehead atoms. The fraction of sp³-hybridized carbons (Fsp3) is 0.421. The highest BCUT2D eigenvalue weighted by Gasteiger charge is 2.27. The standard InChI is InChI=1S/C19H21BrN4O2S/c1-2-26-18(25)14-4-3-9-23(10-14)11-16-12-24-17(21-22-19(24)27-16)13-5-7-15(20)8-6-13/h5-8,12,14H,2-4,9-11H2,1H3/t14-/m0/s1. The fourth-order valence-corrected chi connectivity index (χ4v) is 4.71. The lowest BCUT2D eigenvalue weighted by Crippen LogP contribution is -2.38. The van der Waals surface area contributed by atoms with Crippen LogP contribution in [0.4, 0.5) is 0 Å². The molecule has 0 amide bonds. The van der Waals surface area contributed by atoms with Crippen molar-refractivity contribution >= 4 is 38.2 Å². The summed E-state index contributed by atoms with van der Waals surface area (Å²) >= 11 is 5.12. The molecular formula is C19H21BrN4O2S. The zero-order valence-electron chi connectivity index (χ0n) is 15.1. The third-order valence-corrected chi connectivity index (χ3v) is 6.25. The summed E-state index contributed by atoms with van der Waals surface area (Å²) in [4.78, 5) is 16.5. The Morgan fingerprint density at radius 1 is 1.33 bits per heavy atom. The van der Waals surface area contributed by atoms with Gasteiger partial charge in [-0.15, -0.1) is 10.2 Å². The number of hydrogen-bond donors (Lipinski definition) is 0. The van der Waals surface area contributed by atoms with Crippen molar-refractivity contribution in [3.05, 3.63) is 39.8 Å². The first-order chi connectivity index (χ1) is 13.1. The van der Waals surface area contributed by atoms with Gasteiger partial charge in [-0.1, -0.05) is 39.4 Å². The van der Waals surface area contributed by atoms with E-state index in [1.807, 2.05) is 31.2 Å². The van der Waals surface area contributed by atoms with Gasteiger partial charge in [-0.05, 0) is 38.4 Å². The van der Waals surface area contributed by atoms with Gasteiger partial charge >= 0.3 is 5.97 Å². The number of carbonyl (C=O) groups is 1. The summed E-state index contributed by atoms with van der Waals surface area (Å²) in [6.45, 7) is 4.90. The van der Waals surface area contributed by atoms with Crippen LogP contribution in [0.25, 0.3) is 16.3 Å². The van der Waals surface area contributed by atoms with E-state index in [1.54, 1.807) is 11.3 Å². The van der Waals surface area contributed by atoms with E-state index in [4.69, 9.17) is 4.74 Å². The van der Waals surface area contributed by atoms with Crippen LogP contribution < -0.4 is 0 Å². The van der Waals surface area contributed by atoms with E-state index in [9.17, 15) is 4.79 Å². The predicted molar refractivity (Wildman–Crippen MR) is 109 cm³/mol. The summed E-state index contributed by atoms with van der Waals surface area (Å²) in [7, 11) is 0. The number of nitrogens with zero attached hydrogens (tertiary/aromatic N) is 4. The maximum atomic E-state index is 12.0. The molecule has 8 heteroatoms. The Labute approximate surface area is 170 Å². The zero-order valence-corrected chi connectivity index (χ0v) is 17.5. The van der Waals surface area contributed by atoms with Crippen molar-refractivity contribution in [2.75, 3.05) is 19.7 Å². The van der Waals surface area contributed by atoms with E-state index in [-0.39, 0.29) is 11.9 Å². The highest BCUT2D eigenvalue weighted by Crippen LogP contribution is 2.27. The van der Waals surface area contributed by atoms with Gasteiger partial charge in [0.1, 0.15) is 0 Å². The van der Waals surface area contributed by atoms with Crippen LogP contribution in [0.15, 0.2) is 34.9 Å². The maximum absolute atomic E-state index is 12.0. The van der Waals surface area contributed by atoms with Gasteiger partial charge in [0.2, 0.25) is 4.96 Å². The van der Waals surface area contributed by atoms with Crippen LogP contribution in [0.3, 0.4) is 0 Å². The summed E-state index contributed by atoms with van der Waals surface area (Å²) in [5, 5.41) is 8.66. The predicted octanol–water partition coefficient (Wildman–Crippen LogP) is 4.00. The summed E-state index contributed by atoms with van der Waals surface area (Å²) in [5.41, 5.74) is 1.04. The van der Waals surface area contributed by atoms with Crippen LogP contribution in [0.5, 0.6) is 0 Å². The average Bonchev–Trinajstić information content (AvgIpc) is 3.23. The van der Waals surface area contributed by atoms with E-state index < -0.39 is 0 Å². The van der Waals surface area contributed by atoms with Crippen LogP contribution in [0.2, 0.25) is 0 Å². The molecule has 0 N–H and O–H groups in total. The molecule has 27 heavy (non-hydrogen) atoms. The van der Waals surface area contributed by atoms with Gasteiger partial charge in [0.25, 0.3) is 0 Å². The first kappa shape index (κ1) is 18.6. The second-order valence-corrected chi connectivity index (χ2v) is 8.72. The number of carbonyl (C=O) groups excluding carboxylic acids is 1.